The predicted molar refractivity (Wildman–Crippen MR) is 160 cm³/mol. The summed E-state index contributed by atoms with van der Waals surface area (Å²) in [5, 5.41) is 35.8. The van der Waals surface area contributed by atoms with Crippen LogP contribution in [-0.4, -0.2) is 52.7 Å². The summed E-state index contributed by atoms with van der Waals surface area (Å²) in [5.41, 5.74) is 3.75. The summed E-state index contributed by atoms with van der Waals surface area (Å²) in [5.74, 6) is -1.25. The molecule has 0 aromatic heterocycles. The van der Waals surface area contributed by atoms with E-state index in [1.54, 1.807) is 6.07 Å². The Kier molecular flexibility index (Phi) is 9.58. The van der Waals surface area contributed by atoms with Crippen LogP contribution in [0.1, 0.15) is 54.6 Å². The Morgan fingerprint density at radius 3 is 2.42 bits per heavy atom. The number of aliphatic hydroxyl groups is 1. The van der Waals surface area contributed by atoms with Crippen LogP contribution in [0, 0.1) is 0 Å². The van der Waals surface area contributed by atoms with Gasteiger partial charge in [-0.05, 0) is 77.8 Å². The number of ether oxygens (including phenoxy) is 1. The highest BCUT2D eigenvalue weighted by molar-refractivity contribution is 5.92. The Balaban J connectivity index is 1.24. The van der Waals surface area contributed by atoms with E-state index in [0.717, 1.165) is 29.5 Å². The van der Waals surface area contributed by atoms with Gasteiger partial charge in [-0.2, -0.15) is 0 Å². The molecule has 0 bridgehead atoms. The third kappa shape index (κ3) is 7.69. The lowest BCUT2D eigenvalue weighted by Gasteiger charge is -2.28. The van der Waals surface area contributed by atoms with Crippen molar-refractivity contribution in [2.24, 2.45) is 0 Å². The maximum absolute atomic E-state index is 11.2. The first-order valence-corrected chi connectivity index (χ1v) is 13.8. The van der Waals surface area contributed by atoms with Crippen LogP contribution in [-0.2, 0) is 11.2 Å². The second-order valence-corrected chi connectivity index (χ2v) is 11.2. The van der Waals surface area contributed by atoms with Crippen LogP contribution in [0.4, 0.5) is 0 Å². The van der Waals surface area contributed by atoms with Crippen molar-refractivity contribution >= 4 is 16.7 Å². The Morgan fingerprint density at radius 1 is 0.950 bits per heavy atom. The second kappa shape index (κ2) is 13.1. The van der Waals surface area contributed by atoms with E-state index in [4.69, 9.17) is 4.74 Å². The molecule has 40 heavy (non-hydrogen) atoms. The fraction of sp³-hybridized carbons (Fsp3) is 0.324. The third-order valence-electron chi connectivity index (χ3n) is 7.31. The van der Waals surface area contributed by atoms with Gasteiger partial charge in [0.15, 0.2) is 0 Å². The number of fused-ring (bicyclic) bond motifs is 1. The van der Waals surface area contributed by atoms with Crippen LogP contribution in [0.25, 0.3) is 21.9 Å². The number of benzene rings is 4. The van der Waals surface area contributed by atoms with Gasteiger partial charge in [0, 0.05) is 18.7 Å². The van der Waals surface area contributed by atoms with E-state index in [1.807, 2.05) is 30.3 Å². The minimum absolute atomic E-state index is 0.118. The highest BCUT2D eigenvalue weighted by atomic mass is 16.5. The van der Waals surface area contributed by atoms with Crippen LogP contribution < -0.4 is 5.32 Å². The van der Waals surface area contributed by atoms with Crippen molar-refractivity contribution in [2.75, 3.05) is 19.8 Å². The van der Waals surface area contributed by atoms with Gasteiger partial charge in [-0.1, -0.05) is 79.7 Å². The fourth-order valence-corrected chi connectivity index (χ4v) is 5.08. The normalized spacial score (nSPS) is 13.3. The van der Waals surface area contributed by atoms with Crippen molar-refractivity contribution in [2.45, 2.75) is 51.2 Å². The van der Waals surface area contributed by atoms with Crippen molar-refractivity contribution in [3.8, 4) is 16.9 Å². The summed E-state index contributed by atoms with van der Waals surface area (Å²) in [4.78, 5) is 11.2. The van der Waals surface area contributed by atoms with Gasteiger partial charge in [0.05, 0.1) is 12.7 Å². The maximum atomic E-state index is 11.2. The second-order valence-electron chi connectivity index (χ2n) is 11.2. The molecule has 0 saturated heterocycles. The Hall–Kier alpha value is -3.71. The van der Waals surface area contributed by atoms with Crippen LogP contribution in [0.15, 0.2) is 84.9 Å². The molecule has 210 valence electrons. The summed E-state index contributed by atoms with van der Waals surface area (Å²) >= 11 is 0. The molecule has 0 heterocycles. The first-order valence-electron chi connectivity index (χ1n) is 13.8. The number of phenols is 1. The van der Waals surface area contributed by atoms with Crippen molar-refractivity contribution in [3.05, 3.63) is 102 Å². The summed E-state index contributed by atoms with van der Waals surface area (Å²) in [7, 11) is 0. The molecule has 4 N–H and O–H groups in total. The quantitative estimate of drug-likeness (QED) is 0.146. The molecular formula is C34H39NO5. The molecule has 0 saturated carbocycles. The van der Waals surface area contributed by atoms with Crippen molar-refractivity contribution < 1.29 is 24.9 Å². The predicted octanol–water partition coefficient (Wildman–Crippen LogP) is 6.39. The molecule has 0 aliphatic heterocycles. The highest BCUT2D eigenvalue weighted by Gasteiger charge is 2.20. The molecule has 0 aliphatic carbocycles. The average molecular weight is 542 g/mol. The van der Waals surface area contributed by atoms with E-state index in [1.165, 1.54) is 28.5 Å². The molecule has 2 atom stereocenters. The maximum Gasteiger partial charge on any atom is 0.339 e. The molecule has 2 unspecified atom stereocenters. The Morgan fingerprint density at radius 2 is 1.68 bits per heavy atom. The van der Waals surface area contributed by atoms with Crippen LogP contribution in [0.2, 0.25) is 0 Å². The Labute approximate surface area is 236 Å². The minimum atomic E-state index is -1.16. The number of hydrogen-bond acceptors (Lipinski definition) is 5. The number of nitrogens with one attached hydrogen (secondary N) is 1. The summed E-state index contributed by atoms with van der Waals surface area (Å²) < 4.78 is 5.83. The zero-order valence-electron chi connectivity index (χ0n) is 23.4. The topological polar surface area (TPSA) is 99.0 Å². The number of carboxylic acids is 1. The van der Waals surface area contributed by atoms with E-state index in [9.17, 15) is 20.1 Å². The lowest BCUT2D eigenvalue weighted by molar-refractivity contribution is 0.0313. The first kappa shape index (κ1) is 29.3. The van der Waals surface area contributed by atoms with E-state index in [2.05, 4.69) is 62.5 Å². The van der Waals surface area contributed by atoms with Crippen molar-refractivity contribution in [1.82, 2.24) is 5.32 Å². The monoisotopic (exact) mass is 541 g/mol. The summed E-state index contributed by atoms with van der Waals surface area (Å²) in [6.07, 6.45) is 0.984. The number of aliphatic hydroxyl groups excluding tert-OH is 1. The zero-order valence-corrected chi connectivity index (χ0v) is 23.4. The number of aromatic carboxylic acids is 1. The third-order valence-corrected chi connectivity index (χ3v) is 7.31. The smallest absolute Gasteiger partial charge is 0.339 e. The number of aromatic hydroxyl groups is 1. The molecule has 0 radical (unpaired) electrons. The van der Waals surface area contributed by atoms with Gasteiger partial charge < -0.3 is 25.4 Å². The largest absolute Gasteiger partial charge is 0.507 e. The number of hydrogen-bond donors (Lipinski definition) is 4. The lowest BCUT2D eigenvalue weighted by Crippen LogP contribution is -2.46. The first-order chi connectivity index (χ1) is 19.1. The van der Waals surface area contributed by atoms with E-state index in [0.29, 0.717) is 13.2 Å². The van der Waals surface area contributed by atoms with Crippen molar-refractivity contribution in [1.29, 1.82) is 0 Å². The molecule has 0 aliphatic rings. The summed E-state index contributed by atoms with van der Waals surface area (Å²) in [6.45, 7) is 7.58. The standard InChI is InChI=1S/C34H39NO5/c1-23(29-10-6-7-11-30(29)27-14-15-31(33(38)39)32(37)19-27)16-17-40-22-28(36)21-35-34(2,3)20-24-12-13-25-8-4-5-9-26(25)18-24/h4-15,18-19,23,28,35-37H,16-17,20-22H2,1-3H3,(H,38,39). The molecule has 6 nitrogen and oxygen atoms in total. The summed E-state index contributed by atoms with van der Waals surface area (Å²) in [6, 6.07) is 27.4. The van der Waals surface area contributed by atoms with Crippen LogP contribution in [0.3, 0.4) is 0 Å². The SMILES string of the molecule is CC(CCOCC(O)CNC(C)(C)Cc1ccc2ccccc2c1)c1ccccc1-c1ccc(C(=O)O)c(O)c1. The number of β-amino-alcohol motifs (C(OH)–C–C–N with tert-alkyl or cyclic N) is 1. The average Bonchev–Trinajstić information content (AvgIpc) is 2.93. The van der Waals surface area contributed by atoms with E-state index in [-0.39, 0.29) is 29.4 Å². The number of carbonyl (C=O) groups is 1. The molecule has 0 amide bonds. The van der Waals surface area contributed by atoms with Crippen LogP contribution >= 0.6 is 0 Å². The van der Waals surface area contributed by atoms with Gasteiger partial charge in [-0.25, -0.2) is 4.79 Å². The minimum Gasteiger partial charge on any atom is -0.507 e. The van der Waals surface area contributed by atoms with Gasteiger partial charge >= 0.3 is 5.97 Å². The molecule has 0 fully saturated rings. The molecule has 4 rings (SSSR count). The lowest BCUT2D eigenvalue weighted by atomic mass is 9.89. The highest BCUT2D eigenvalue weighted by Crippen LogP contribution is 2.33. The molecule has 0 spiro atoms. The number of carboxylic acid groups (broad SMARTS) is 1. The zero-order chi connectivity index (χ0) is 28.7. The van der Waals surface area contributed by atoms with Gasteiger partial charge in [0.2, 0.25) is 0 Å². The fourth-order valence-electron chi connectivity index (χ4n) is 5.08. The van der Waals surface area contributed by atoms with Gasteiger partial charge in [0.1, 0.15) is 11.3 Å². The van der Waals surface area contributed by atoms with Crippen molar-refractivity contribution in [3.63, 3.8) is 0 Å². The molecular weight excluding hydrogens is 502 g/mol. The molecule has 6 heteroatoms. The van der Waals surface area contributed by atoms with E-state index < -0.39 is 12.1 Å². The Bertz CT molecular complexity index is 1450. The molecule has 4 aromatic carbocycles. The van der Waals surface area contributed by atoms with Gasteiger partial charge in [0.25, 0.3) is 0 Å². The molecule has 4 aromatic rings. The van der Waals surface area contributed by atoms with Gasteiger partial charge in [-0.3, -0.25) is 0 Å². The van der Waals surface area contributed by atoms with E-state index >= 15 is 0 Å². The number of rotatable bonds is 13. The van der Waals surface area contributed by atoms with Gasteiger partial charge in [-0.15, -0.1) is 0 Å². The van der Waals surface area contributed by atoms with Crippen LogP contribution in [0.5, 0.6) is 5.75 Å².